The summed E-state index contributed by atoms with van der Waals surface area (Å²) in [6.07, 6.45) is -1.14. The summed E-state index contributed by atoms with van der Waals surface area (Å²) in [7, 11) is 0. The number of aromatic nitrogens is 1. The molecule has 20 heavy (non-hydrogen) atoms. The van der Waals surface area contributed by atoms with E-state index in [1.807, 2.05) is 25.1 Å². The largest absolute Gasteiger partial charge is 0.444 e. The number of rotatable bonds is 1. The molecule has 0 radical (unpaired) electrons. The first-order valence-corrected chi connectivity index (χ1v) is 6.64. The van der Waals surface area contributed by atoms with E-state index in [4.69, 9.17) is 12.2 Å². The van der Waals surface area contributed by atoms with Crippen molar-refractivity contribution in [3.05, 3.63) is 29.6 Å². The van der Waals surface area contributed by atoms with Crippen LogP contribution in [0.2, 0.25) is 0 Å². The molecule has 2 heterocycles. The van der Waals surface area contributed by atoms with Crippen LogP contribution >= 0.6 is 0 Å². The Labute approximate surface area is 122 Å². The second-order valence-electron chi connectivity index (χ2n) is 5.75. The van der Waals surface area contributed by atoms with Gasteiger partial charge in [0.1, 0.15) is 11.7 Å². The van der Waals surface area contributed by atoms with E-state index in [1.165, 1.54) is 0 Å². The highest BCUT2D eigenvalue weighted by molar-refractivity contribution is 5.68. The van der Waals surface area contributed by atoms with Gasteiger partial charge in [0.2, 0.25) is 0 Å². The second kappa shape index (κ2) is 5.79. The van der Waals surface area contributed by atoms with Crippen molar-refractivity contribution in [2.75, 3.05) is 19.6 Å². The monoisotopic (exact) mass is 280 g/mol. The topological polar surface area (TPSA) is 51.7 Å². The highest BCUT2D eigenvalue weighted by atomic mass is 16.6. The van der Waals surface area contributed by atoms with Crippen molar-refractivity contribution in [2.45, 2.75) is 39.4 Å². The summed E-state index contributed by atoms with van der Waals surface area (Å²) >= 11 is 0. The Morgan fingerprint density at radius 2 is 2.30 bits per heavy atom. The predicted molar refractivity (Wildman–Crippen MR) is 75.5 cm³/mol. The molecule has 1 aromatic heterocycles. The Kier molecular flexibility index (Phi) is 3.52. The van der Waals surface area contributed by atoms with Crippen LogP contribution in [-0.4, -0.2) is 41.2 Å². The molecular formula is C15H22N2O3. The lowest BCUT2D eigenvalue weighted by atomic mass is 10.2. The van der Waals surface area contributed by atoms with Crippen LogP contribution in [0.4, 0.5) is 4.79 Å². The quantitative estimate of drug-likeness (QED) is 0.793. The van der Waals surface area contributed by atoms with Crippen LogP contribution in [0, 0.1) is 6.92 Å². The van der Waals surface area contributed by atoms with E-state index in [1.54, 1.807) is 20.8 Å². The molecule has 1 aromatic rings. The summed E-state index contributed by atoms with van der Waals surface area (Å²) < 4.78 is 26.8. The molecule has 1 atom stereocenters. The van der Waals surface area contributed by atoms with Gasteiger partial charge >= 0.3 is 6.09 Å². The fourth-order valence-electron chi connectivity index (χ4n) is 1.88. The van der Waals surface area contributed by atoms with E-state index in [9.17, 15) is 4.79 Å². The van der Waals surface area contributed by atoms with Gasteiger partial charge < -0.3 is 14.4 Å². The summed E-state index contributed by atoms with van der Waals surface area (Å²) in [6.45, 7) is 5.08. The lowest BCUT2D eigenvalue weighted by molar-refractivity contribution is -0.0447. The Morgan fingerprint density at radius 3 is 2.95 bits per heavy atom. The van der Waals surface area contributed by atoms with Gasteiger partial charge in [-0.15, -0.1) is 0 Å². The van der Waals surface area contributed by atoms with Crippen LogP contribution in [0.5, 0.6) is 0 Å². The third-order valence-electron chi connectivity index (χ3n) is 2.74. The van der Waals surface area contributed by atoms with Gasteiger partial charge in [-0.3, -0.25) is 4.98 Å². The smallest absolute Gasteiger partial charge is 0.410 e. The van der Waals surface area contributed by atoms with Crippen LogP contribution in [0.25, 0.3) is 0 Å². The van der Waals surface area contributed by atoms with E-state index >= 15 is 0 Å². The van der Waals surface area contributed by atoms with E-state index in [0.717, 1.165) is 10.6 Å². The van der Waals surface area contributed by atoms with Crippen molar-refractivity contribution in [1.82, 2.24) is 9.88 Å². The third kappa shape index (κ3) is 3.93. The van der Waals surface area contributed by atoms with Gasteiger partial charge in [-0.05, 0) is 39.8 Å². The zero-order valence-electron chi connectivity index (χ0n) is 14.3. The predicted octanol–water partition coefficient (Wildman–Crippen LogP) is 2.70. The SMILES string of the molecule is [2H]C1([2H])CO[C@H](c2cccc(C)n2)CN1C(=O)OC(C)(C)C. The van der Waals surface area contributed by atoms with Crippen LogP contribution in [0.1, 0.15) is 41.0 Å². The first-order chi connectivity index (χ1) is 10.1. The number of aryl methyl sites for hydroxylation is 1. The Bertz CT molecular complexity index is 558. The fourth-order valence-corrected chi connectivity index (χ4v) is 1.88. The van der Waals surface area contributed by atoms with Crippen molar-refractivity contribution in [2.24, 2.45) is 0 Å². The molecule has 1 fully saturated rings. The molecule has 110 valence electrons. The molecule has 1 aliphatic rings. The number of morpholine rings is 1. The maximum absolute atomic E-state index is 12.3. The van der Waals surface area contributed by atoms with Crippen LogP contribution in [0.3, 0.4) is 0 Å². The second-order valence-corrected chi connectivity index (χ2v) is 5.75. The molecular weight excluding hydrogens is 256 g/mol. The molecule has 0 saturated carbocycles. The van der Waals surface area contributed by atoms with Gasteiger partial charge in [-0.25, -0.2) is 4.79 Å². The number of carbonyl (C=O) groups excluding carboxylic acids is 1. The molecule has 1 saturated heterocycles. The minimum Gasteiger partial charge on any atom is -0.444 e. The molecule has 0 aromatic carbocycles. The summed E-state index contributed by atoms with van der Waals surface area (Å²) in [5.41, 5.74) is 0.852. The number of ether oxygens (including phenoxy) is 2. The van der Waals surface area contributed by atoms with Gasteiger partial charge in [0.15, 0.2) is 0 Å². The number of hydrogen-bond acceptors (Lipinski definition) is 4. The van der Waals surface area contributed by atoms with Crippen LogP contribution in [0.15, 0.2) is 18.2 Å². The van der Waals surface area contributed by atoms with Crippen LogP contribution in [-0.2, 0) is 9.47 Å². The molecule has 0 N–H and O–H groups in total. The summed E-state index contributed by atoms with van der Waals surface area (Å²) in [5, 5.41) is 0. The van der Waals surface area contributed by atoms with Gasteiger partial charge in [0.25, 0.3) is 0 Å². The number of carbonyl (C=O) groups is 1. The van der Waals surface area contributed by atoms with E-state index < -0.39 is 24.3 Å². The minimum atomic E-state index is -1.90. The zero-order chi connectivity index (χ0) is 16.5. The fraction of sp³-hybridized carbons (Fsp3) is 0.600. The lowest BCUT2D eigenvalue weighted by Gasteiger charge is -2.34. The van der Waals surface area contributed by atoms with Gasteiger partial charge in [0, 0.05) is 12.2 Å². The highest BCUT2D eigenvalue weighted by Gasteiger charge is 2.29. The van der Waals surface area contributed by atoms with E-state index in [2.05, 4.69) is 4.98 Å². The molecule has 0 unspecified atom stereocenters. The summed E-state index contributed by atoms with van der Waals surface area (Å²) in [4.78, 5) is 17.7. The number of amides is 1. The maximum atomic E-state index is 12.3. The molecule has 5 nitrogen and oxygen atoms in total. The first kappa shape index (κ1) is 12.1. The molecule has 0 bridgehead atoms. The average molecular weight is 280 g/mol. The Balaban J connectivity index is 2.18. The van der Waals surface area contributed by atoms with Gasteiger partial charge in [-0.2, -0.15) is 0 Å². The number of hydrogen-bond donors (Lipinski definition) is 0. The third-order valence-corrected chi connectivity index (χ3v) is 2.74. The van der Waals surface area contributed by atoms with Gasteiger partial charge in [0.05, 0.1) is 21.6 Å². The van der Waals surface area contributed by atoms with Crippen molar-refractivity contribution in [3.63, 3.8) is 0 Å². The normalized spacial score (nSPS) is 23.8. The standard InChI is InChI=1S/C15H22N2O3/c1-11-6-5-7-12(16-11)13-10-17(8-9-19-13)14(18)20-15(2,3)4/h5-7,13H,8-10H2,1-4H3/t13-/m0/s1/i8D2. The Morgan fingerprint density at radius 1 is 1.55 bits per heavy atom. The van der Waals surface area contributed by atoms with E-state index in [0.29, 0.717) is 5.69 Å². The number of nitrogens with zero attached hydrogens (tertiary/aromatic N) is 2. The van der Waals surface area contributed by atoms with Crippen molar-refractivity contribution in [1.29, 1.82) is 0 Å². The number of pyridine rings is 1. The summed E-state index contributed by atoms with van der Waals surface area (Å²) in [5.74, 6) is 0. The lowest BCUT2D eigenvalue weighted by Crippen LogP contribution is -2.44. The van der Waals surface area contributed by atoms with E-state index in [-0.39, 0.29) is 13.2 Å². The summed E-state index contributed by atoms with van der Waals surface area (Å²) in [6, 6.07) is 5.55. The van der Waals surface area contributed by atoms with Gasteiger partial charge in [-0.1, -0.05) is 6.07 Å². The highest BCUT2D eigenvalue weighted by Crippen LogP contribution is 2.22. The van der Waals surface area contributed by atoms with Crippen molar-refractivity contribution < 1.29 is 17.0 Å². The zero-order valence-corrected chi connectivity index (χ0v) is 12.3. The molecule has 2 rings (SSSR count). The van der Waals surface area contributed by atoms with Crippen molar-refractivity contribution >= 4 is 6.09 Å². The maximum Gasteiger partial charge on any atom is 0.410 e. The minimum absolute atomic E-state index is 0.0678. The van der Waals surface area contributed by atoms with Crippen LogP contribution < -0.4 is 0 Å². The molecule has 0 aliphatic carbocycles. The molecule has 1 amide bonds. The van der Waals surface area contributed by atoms with Crippen molar-refractivity contribution in [3.8, 4) is 0 Å². The molecule has 0 spiro atoms. The Hall–Kier alpha value is -1.62. The average Bonchev–Trinajstić information content (AvgIpc) is 2.36. The first-order valence-electron chi connectivity index (χ1n) is 7.64. The molecule has 1 aliphatic heterocycles. The molecule has 5 heteroatoms.